The molecule has 0 aliphatic heterocycles. The van der Waals surface area contributed by atoms with Crippen LogP contribution in [0.3, 0.4) is 0 Å². The molecule has 0 bridgehead atoms. The van der Waals surface area contributed by atoms with E-state index < -0.39 is 162 Å². The second-order valence-corrected chi connectivity index (χ2v) is 32.2. The first-order valence-corrected chi connectivity index (χ1v) is 44.9. The summed E-state index contributed by atoms with van der Waals surface area (Å²) in [7, 11) is 19.3. The summed E-state index contributed by atoms with van der Waals surface area (Å²) in [6, 6.07) is 34.0. The maximum Gasteiger partial charge on any atom is 0.211 e. The number of rotatable bonds is 59. The first kappa shape index (κ1) is 113. The molecule has 0 saturated heterocycles. The topological polar surface area (TPSA) is 586 Å². The minimum absolute atomic E-state index is 0.0159. The van der Waals surface area contributed by atoms with Crippen LogP contribution < -0.4 is 114 Å². The molecule has 0 heterocycles. The lowest BCUT2D eigenvalue weighted by Gasteiger charge is -2.29. The van der Waals surface area contributed by atoms with Gasteiger partial charge in [-0.2, -0.15) is 0 Å². The van der Waals surface area contributed by atoms with Gasteiger partial charge in [-0.3, -0.25) is 0 Å². The van der Waals surface area contributed by atoms with Gasteiger partial charge in [0.15, 0.2) is 164 Å². The average molecular weight is 2040 g/mol. The third kappa shape index (κ3) is 26.5. The summed E-state index contributed by atoms with van der Waals surface area (Å²) < 4.78 is 142. The first-order chi connectivity index (χ1) is 69.9. The zero-order valence-corrected chi connectivity index (χ0v) is 82.5. The Morgan fingerprint density at radius 3 is 0.662 bits per heavy atom. The van der Waals surface area contributed by atoms with Gasteiger partial charge < -0.3 is 206 Å². The van der Waals surface area contributed by atoms with E-state index in [1.807, 2.05) is 6.92 Å². The Hall–Kier alpha value is -13.7. The molecule has 0 saturated carbocycles. The molecule has 0 radical (unpaired) electrons. The molecular formula is C103H126O42. The molecule has 145 heavy (non-hydrogen) atoms. The van der Waals surface area contributed by atoms with Gasteiger partial charge in [0.2, 0.25) is 34.5 Å². The molecule has 10 aromatic rings. The molecule has 16 unspecified atom stereocenters. The van der Waals surface area contributed by atoms with Gasteiger partial charge in [-0.05, 0) is 184 Å². The monoisotopic (exact) mass is 2030 g/mol. The van der Waals surface area contributed by atoms with E-state index in [2.05, 4.69) is 0 Å². The number of hydrogen-bond acceptors (Lipinski definition) is 42. The molecule has 790 valence electrons. The Morgan fingerprint density at radius 1 is 0.207 bits per heavy atom. The highest BCUT2D eigenvalue weighted by atomic mass is 16.6. The van der Waals surface area contributed by atoms with Crippen molar-refractivity contribution in [1.82, 2.24) is 0 Å². The van der Waals surface area contributed by atoms with Crippen molar-refractivity contribution in [2.45, 2.75) is 105 Å². The molecule has 16 atom stereocenters. The standard InChI is InChI=1S/C103H126O42/c1-52-19-23-62(66(28-52)122-2)137-83(45-106)92(115)57-34-72(128-8)99(73(35-57)129-9)141-81-43-61(42-80(136-16)103(81)145-89(51-112)97(120)60-40-78(134-14)102(79(41-60)135-15)144-88(50-111)96(119)59-38-76(132-12)101(77(39-59)133-13)143-87(49-110)95(118)56-32-70(126-6)98(121)71(33-56)127-7)94(117)85(47-108)140-65-25-21-54(30-68(65)124-4)90(113)82(44-105)139-64-26-22-55(31-69(64)125-5)91(114)86(48-109)142-100-74(130-10)36-58(37-75(100)131-11)93(116)84(46-107)138-63-24-20-53(18-17-27-104)29-67(63)123-3/h17-26,28-43,82-97,104-121H,27,44-51H2,1-16H3/b18-17+. The molecular weight excluding hydrogens is 1910 g/mol. The molecule has 10 rings (SSSR count). The van der Waals surface area contributed by atoms with Crippen LogP contribution in [0.15, 0.2) is 152 Å². The van der Waals surface area contributed by atoms with E-state index in [1.165, 1.54) is 222 Å². The van der Waals surface area contributed by atoms with Crippen molar-refractivity contribution >= 4 is 6.08 Å². The largest absolute Gasteiger partial charge is 0.502 e. The molecule has 42 nitrogen and oxygen atoms in total. The van der Waals surface area contributed by atoms with Gasteiger partial charge in [0.1, 0.15) is 48.8 Å². The van der Waals surface area contributed by atoms with Gasteiger partial charge >= 0.3 is 0 Å². The summed E-state index contributed by atoms with van der Waals surface area (Å²) in [5.41, 5.74) is 1.84. The summed E-state index contributed by atoms with van der Waals surface area (Å²) in [4.78, 5) is 0. The van der Waals surface area contributed by atoms with Crippen molar-refractivity contribution in [2.75, 3.05) is 166 Å². The maximum atomic E-state index is 12.6. The number of ether oxygens (including phenoxy) is 24. The second-order valence-electron chi connectivity index (χ2n) is 32.2. The van der Waals surface area contributed by atoms with Gasteiger partial charge in [0, 0.05) is 0 Å². The van der Waals surface area contributed by atoms with Crippen LogP contribution >= 0.6 is 0 Å². The third-order valence-corrected chi connectivity index (χ3v) is 23.4. The minimum atomic E-state index is -1.90. The number of aliphatic hydroxyl groups excluding tert-OH is 17. The van der Waals surface area contributed by atoms with Crippen LogP contribution in [-0.2, 0) is 0 Å². The quantitative estimate of drug-likeness (QED) is 0.0176. The SMILES string of the molecule is COc1cc(C)ccc1OC(CO)C(O)c1cc(OC)c(Oc2cc(C(O)C(CO)Oc3ccc(C(O)C(CO)Oc4ccc(C(O)C(CO)Oc5c(OC)cc(C(O)C(CO)Oc6ccc(/C=C/CO)cc6OC)cc5OC)cc4OC)cc3OC)cc(OC)c2OC(CO)C(O)c2cc(OC)c(OC(CO)C(O)c3cc(OC)c(OC(CO)C(O)c4cc(OC)c(O)c(OC)c4)c(OC)c3)c(OC)c2)c(OC)c1. The number of aromatic hydroxyl groups is 1. The van der Waals surface area contributed by atoms with E-state index in [4.69, 9.17) is 114 Å². The Kier molecular flexibility index (Phi) is 42.0. The summed E-state index contributed by atoms with van der Waals surface area (Å²) >= 11 is 0. The normalized spacial score (nSPS) is 14.7. The number of phenolic OH excluding ortho intramolecular Hbond substituents is 1. The average Bonchev–Trinajstić information content (AvgIpc) is 0.769. The lowest BCUT2D eigenvalue weighted by Crippen LogP contribution is -2.31. The van der Waals surface area contributed by atoms with Crippen LogP contribution in [0, 0.1) is 6.92 Å². The zero-order valence-electron chi connectivity index (χ0n) is 82.5. The van der Waals surface area contributed by atoms with E-state index in [9.17, 15) is 91.9 Å². The van der Waals surface area contributed by atoms with Crippen LogP contribution in [0.5, 0.6) is 149 Å². The first-order valence-electron chi connectivity index (χ1n) is 44.9. The molecule has 0 aromatic heterocycles. The van der Waals surface area contributed by atoms with Crippen molar-refractivity contribution in [1.29, 1.82) is 0 Å². The minimum Gasteiger partial charge on any atom is -0.502 e. The van der Waals surface area contributed by atoms with Crippen molar-refractivity contribution in [3.8, 4) is 149 Å². The fraction of sp³-hybridized carbons (Fsp3) is 0.398. The number of benzene rings is 10. The van der Waals surface area contributed by atoms with E-state index in [0.717, 1.165) is 5.56 Å². The summed E-state index contributed by atoms with van der Waals surface area (Å²) in [5, 5.41) is 203. The fourth-order valence-electron chi connectivity index (χ4n) is 15.5. The number of methoxy groups -OCH3 is 15. The van der Waals surface area contributed by atoms with Crippen molar-refractivity contribution < 1.29 is 206 Å². The van der Waals surface area contributed by atoms with Crippen molar-refractivity contribution in [3.63, 3.8) is 0 Å². The highest BCUT2D eigenvalue weighted by molar-refractivity contribution is 5.64. The van der Waals surface area contributed by atoms with Crippen molar-refractivity contribution in [2.24, 2.45) is 0 Å². The lowest BCUT2D eigenvalue weighted by molar-refractivity contribution is -0.00567. The van der Waals surface area contributed by atoms with Crippen molar-refractivity contribution in [3.05, 3.63) is 207 Å². The predicted molar refractivity (Wildman–Crippen MR) is 517 cm³/mol. The molecule has 0 spiro atoms. The molecule has 10 aromatic carbocycles. The molecule has 0 amide bonds. The van der Waals surface area contributed by atoms with Crippen LogP contribution in [0.2, 0.25) is 0 Å². The summed E-state index contributed by atoms with van der Waals surface area (Å²) in [6.07, 6.45) is -22.3. The smallest absolute Gasteiger partial charge is 0.211 e. The lowest BCUT2D eigenvalue weighted by atomic mass is 10.0. The van der Waals surface area contributed by atoms with Crippen LogP contribution in [0.25, 0.3) is 6.08 Å². The molecule has 0 aliphatic rings. The van der Waals surface area contributed by atoms with Gasteiger partial charge in [0.25, 0.3) is 0 Å². The Balaban J connectivity index is 0.919. The number of aryl methyl sites for hydroxylation is 1. The van der Waals surface area contributed by atoms with E-state index in [-0.39, 0.29) is 183 Å². The fourth-order valence-corrected chi connectivity index (χ4v) is 15.5. The summed E-state index contributed by atoms with van der Waals surface area (Å²) in [5.74, 6) is -2.37. The van der Waals surface area contributed by atoms with Crippen LogP contribution in [0.1, 0.15) is 104 Å². The Labute approximate surface area is 835 Å². The molecule has 0 aliphatic carbocycles. The highest BCUT2D eigenvalue weighted by Crippen LogP contribution is 2.54. The molecule has 18 N–H and O–H groups in total. The summed E-state index contributed by atoms with van der Waals surface area (Å²) in [6.45, 7) is -4.95. The van der Waals surface area contributed by atoms with E-state index in [0.29, 0.717) is 11.3 Å². The Bertz CT molecular complexity index is 5750. The second kappa shape index (κ2) is 53.7. The maximum absolute atomic E-state index is 12.6. The third-order valence-electron chi connectivity index (χ3n) is 23.4. The number of aliphatic hydroxyl groups is 17. The number of phenols is 1. The molecule has 0 fully saturated rings. The number of hydrogen-bond donors (Lipinski definition) is 18. The van der Waals surface area contributed by atoms with E-state index in [1.54, 1.807) is 42.5 Å². The van der Waals surface area contributed by atoms with Gasteiger partial charge in [-0.1, -0.05) is 36.4 Å². The predicted octanol–water partition coefficient (Wildman–Crippen LogP) is 7.41. The molecule has 42 heteroatoms. The van der Waals surface area contributed by atoms with Gasteiger partial charge in [0.05, 0.1) is 166 Å². The van der Waals surface area contributed by atoms with Crippen LogP contribution in [-0.4, -0.2) is 307 Å². The van der Waals surface area contributed by atoms with Gasteiger partial charge in [-0.25, -0.2) is 0 Å². The van der Waals surface area contributed by atoms with Gasteiger partial charge in [-0.15, -0.1) is 0 Å². The zero-order chi connectivity index (χ0) is 106. The van der Waals surface area contributed by atoms with Crippen LogP contribution in [0.4, 0.5) is 0 Å². The van der Waals surface area contributed by atoms with E-state index >= 15 is 0 Å². The highest BCUT2D eigenvalue weighted by Gasteiger charge is 2.39. The Morgan fingerprint density at radius 2 is 0.407 bits per heavy atom.